The zero-order valence-electron chi connectivity index (χ0n) is 14.3. The Hall–Kier alpha value is -3.34. The summed E-state index contributed by atoms with van der Waals surface area (Å²) in [6.45, 7) is 3.66. The van der Waals surface area contributed by atoms with Crippen molar-refractivity contribution in [1.82, 2.24) is 0 Å². The molecule has 26 heavy (non-hydrogen) atoms. The zero-order chi connectivity index (χ0) is 18.7. The molecule has 3 aromatic rings. The summed E-state index contributed by atoms with van der Waals surface area (Å²) in [5.74, 6) is -0.0140. The molecule has 4 nitrogen and oxygen atoms in total. The summed E-state index contributed by atoms with van der Waals surface area (Å²) in [6.07, 6.45) is 3.55. The number of phenolic OH excluding ortho intramolecular Hbond substituents is 1. The van der Waals surface area contributed by atoms with Gasteiger partial charge in [0.2, 0.25) is 5.76 Å². The van der Waals surface area contributed by atoms with Crippen molar-refractivity contribution in [2.75, 3.05) is 0 Å². The number of ether oxygens (including phenoxy) is 1. The minimum Gasteiger partial charge on any atom is -0.507 e. The van der Waals surface area contributed by atoms with Crippen LogP contribution in [-0.4, -0.2) is 11.1 Å². The molecule has 0 fully saturated rings. The van der Waals surface area contributed by atoms with Gasteiger partial charge in [-0.05, 0) is 85.1 Å². The third-order valence-electron chi connectivity index (χ3n) is 3.81. The van der Waals surface area contributed by atoms with E-state index in [-0.39, 0.29) is 17.3 Å². The number of aromatic hydroxyl groups is 1. The van der Waals surface area contributed by atoms with E-state index in [2.05, 4.69) is 0 Å². The topological polar surface area (TPSA) is 59.7 Å². The second kappa shape index (κ2) is 7.27. The van der Waals surface area contributed by atoms with Crippen molar-refractivity contribution in [3.8, 4) is 11.5 Å². The first-order valence-corrected chi connectivity index (χ1v) is 7.98. The molecule has 3 rings (SSSR count). The average Bonchev–Trinajstić information content (AvgIpc) is 3.09. The first-order valence-electron chi connectivity index (χ1n) is 7.98. The normalized spacial score (nSPS) is 11.0. The van der Waals surface area contributed by atoms with Crippen molar-refractivity contribution in [1.29, 1.82) is 0 Å². The molecule has 1 N–H and O–H groups in total. The number of halogens is 1. The maximum absolute atomic E-state index is 12.9. The molecule has 1 aromatic heterocycles. The lowest BCUT2D eigenvalue weighted by molar-refractivity contribution is 0.0700. The fourth-order valence-electron chi connectivity index (χ4n) is 2.48. The molecule has 0 aliphatic heterocycles. The number of rotatable bonds is 4. The van der Waals surface area contributed by atoms with Crippen LogP contribution in [0, 0.1) is 19.7 Å². The molecule has 0 spiro atoms. The largest absolute Gasteiger partial charge is 0.507 e. The summed E-state index contributed by atoms with van der Waals surface area (Å²) < 4.78 is 23.5. The van der Waals surface area contributed by atoms with Crippen LogP contribution in [0.25, 0.3) is 12.2 Å². The highest BCUT2D eigenvalue weighted by Crippen LogP contribution is 2.24. The van der Waals surface area contributed by atoms with Crippen LogP contribution in [0.2, 0.25) is 0 Å². The molecule has 132 valence electrons. The molecule has 0 unspecified atom stereocenters. The summed E-state index contributed by atoms with van der Waals surface area (Å²) >= 11 is 0. The summed E-state index contributed by atoms with van der Waals surface area (Å²) in [6, 6.07) is 12.0. The molecular formula is C21H17FO4. The van der Waals surface area contributed by atoms with E-state index in [1.165, 1.54) is 30.3 Å². The Balaban J connectivity index is 1.71. The van der Waals surface area contributed by atoms with Gasteiger partial charge in [-0.2, -0.15) is 0 Å². The third kappa shape index (κ3) is 4.00. The van der Waals surface area contributed by atoms with E-state index >= 15 is 0 Å². The second-order valence-corrected chi connectivity index (χ2v) is 5.88. The van der Waals surface area contributed by atoms with E-state index < -0.39 is 11.8 Å². The van der Waals surface area contributed by atoms with Gasteiger partial charge < -0.3 is 14.3 Å². The van der Waals surface area contributed by atoms with Gasteiger partial charge in [0.05, 0.1) is 0 Å². The lowest BCUT2D eigenvalue weighted by Gasteiger charge is -2.04. The van der Waals surface area contributed by atoms with Crippen molar-refractivity contribution in [2.24, 2.45) is 0 Å². The van der Waals surface area contributed by atoms with Gasteiger partial charge in [0.1, 0.15) is 23.1 Å². The molecule has 0 saturated heterocycles. The van der Waals surface area contributed by atoms with E-state index in [9.17, 15) is 14.3 Å². The lowest BCUT2D eigenvalue weighted by atomic mass is 10.1. The smallest absolute Gasteiger partial charge is 0.379 e. The predicted octanol–water partition coefficient (Wildman–Crippen LogP) is 5.13. The van der Waals surface area contributed by atoms with E-state index in [0.29, 0.717) is 5.76 Å². The molecule has 0 amide bonds. The number of carbonyl (C=O) groups is 1. The molecule has 0 aliphatic rings. The van der Waals surface area contributed by atoms with Gasteiger partial charge in [-0.15, -0.1) is 0 Å². The monoisotopic (exact) mass is 352 g/mol. The van der Waals surface area contributed by atoms with Crippen molar-refractivity contribution < 1.29 is 23.4 Å². The minimum absolute atomic E-state index is 0.0482. The van der Waals surface area contributed by atoms with Gasteiger partial charge in [0.25, 0.3) is 0 Å². The van der Waals surface area contributed by atoms with Crippen LogP contribution in [0.3, 0.4) is 0 Å². The Labute approximate surface area is 150 Å². The first kappa shape index (κ1) is 17.5. The minimum atomic E-state index is -0.660. The Morgan fingerprint density at radius 1 is 1.04 bits per heavy atom. The standard InChI is InChI=1S/C21H17FO4/c1-13-11-15(12-14(2)20(13)23)3-6-17-9-10-19(25-17)21(24)26-18-7-4-16(22)5-8-18/h3-12,23H,1-2H3. The highest BCUT2D eigenvalue weighted by atomic mass is 19.1. The molecule has 0 radical (unpaired) electrons. The summed E-state index contributed by atoms with van der Waals surface area (Å²) in [5.41, 5.74) is 2.48. The van der Waals surface area contributed by atoms with E-state index in [4.69, 9.17) is 9.15 Å². The third-order valence-corrected chi connectivity index (χ3v) is 3.81. The van der Waals surface area contributed by atoms with E-state index in [0.717, 1.165) is 16.7 Å². The number of esters is 1. The number of carbonyl (C=O) groups excluding carboxylic acids is 1. The van der Waals surface area contributed by atoms with Crippen LogP contribution in [0.5, 0.6) is 11.5 Å². The maximum atomic E-state index is 12.9. The fourth-order valence-corrected chi connectivity index (χ4v) is 2.48. The number of hydrogen-bond acceptors (Lipinski definition) is 4. The number of hydrogen-bond donors (Lipinski definition) is 1. The van der Waals surface area contributed by atoms with Gasteiger partial charge in [-0.3, -0.25) is 0 Å². The van der Waals surface area contributed by atoms with Crippen LogP contribution < -0.4 is 4.74 Å². The number of benzene rings is 2. The average molecular weight is 352 g/mol. The van der Waals surface area contributed by atoms with Crippen LogP contribution in [-0.2, 0) is 0 Å². The number of phenols is 1. The Morgan fingerprint density at radius 3 is 2.35 bits per heavy atom. The molecule has 2 aromatic carbocycles. The van der Waals surface area contributed by atoms with Crippen molar-refractivity contribution >= 4 is 18.1 Å². The number of aryl methyl sites for hydroxylation is 2. The summed E-state index contributed by atoms with van der Waals surface area (Å²) in [5, 5.41) is 9.80. The van der Waals surface area contributed by atoms with Crippen LogP contribution >= 0.6 is 0 Å². The van der Waals surface area contributed by atoms with Gasteiger partial charge in [0.15, 0.2) is 0 Å². The molecule has 5 heteroatoms. The second-order valence-electron chi connectivity index (χ2n) is 5.88. The SMILES string of the molecule is Cc1cc(C=Cc2ccc(C(=O)Oc3ccc(F)cc3)o2)cc(C)c1O. The van der Waals surface area contributed by atoms with Crippen molar-refractivity contribution in [2.45, 2.75) is 13.8 Å². The van der Waals surface area contributed by atoms with Gasteiger partial charge in [0, 0.05) is 0 Å². The quantitative estimate of drug-likeness (QED) is 0.522. The molecule has 0 bridgehead atoms. The summed E-state index contributed by atoms with van der Waals surface area (Å²) in [7, 11) is 0. The van der Waals surface area contributed by atoms with Crippen molar-refractivity contribution in [3.05, 3.63) is 82.6 Å². The molecular weight excluding hydrogens is 335 g/mol. The summed E-state index contributed by atoms with van der Waals surface area (Å²) in [4.78, 5) is 12.1. The van der Waals surface area contributed by atoms with Gasteiger partial charge in [-0.1, -0.05) is 6.08 Å². The lowest BCUT2D eigenvalue weighted by Crippen LogP contribution is -2.07. The van der Waals surface area contributed by atoms with Gasteiger partial charge >= 0.3 is 5.97 Å². The highest BCUT2D eigenvalue weighted by Gasteiger charge is 2.13. The highest BCUT2D eigenvalue weighted by molar-refractivity contribution is 5.88. The predicted molar refractivity (Wildman–Crippen MR) is 96.6 cm³/mol. The number of furan rings is 1. The van der Waals surface area contributed by atoms with E-state index in [1.807, 2.05) is 32.1 Å². The Bertz CT molecular complexity index is 945. The maximum Gasteiger partial charge on any atom is 0.379 e. The molecule has 0 atom stereocenters. The molecule has 1 heterocycles. The molecule has 0 aliphatic carbocycles. The van der Waals surface area contributed by atoms with Gasteiger partial charge in [-0.25, -0.2) is 9.18 Å². The van der Waals surface area contributed by atoms with E-state index in [1.54, 1.807) is 12.1 Å². The van der Waals surface area contributed by atoms with Crippen LogP contribution in [0.15, 0.2) is 52.9 Å². The molecule has 0 saturated carbocycles. The Morgan fingerprint density at radius 2 is 1.69 bits per heavy atom. The van der Waals surface area contributed by atoms with Crippen LogP contribution in [0.4, 0.5) is 4.39 Å². The zero-order valence-corrected chi connectivity index (χ0v) is 14.3. The van der Waals surface area contributed by atoms with Crippen LogP contribution in [0.1, 0.15) is 33.0 Å². The first-order chi connectivity index (χ1) is 12.4. The Kier molecular flexibility index (Phi) is 4.89. The van der Waals surface area contributed by atoms with Crippen molar-refractivity contribution in [3.63, 3.8) is 0 Å². The fraction of sp³-hybridized carbons (Fsp3) is 0.0952.